The highest BCUT2D eigenvalue weighted by molar-refractivity contribution is 7.99. The van der Waals surface area contributed by atoms with Crippen LogP contribution in [0.3, 0.4) is 0 Å². The fourth-order valence-corrected chi connectivity index (χ4v) is 5.01. The monoisotopic (exact) mass is 478 g/mol. The molecule has 30 heavy (non-hydrogen) atoms. The van der Waals surface area contributed by atoms with E-state index in [1.807, 2.05) is 6.26 Å². The van der Waals surface area contributed by atoms with Gasteiger partial charge in [-0.05, 0) is 18.4 Å². The van der Waals surface area contributed by atoms with Gasteiger partial charge in [-0.25, -0.2) is 21.9 Å². The van der Waals surface area contributed by atoms with E-state index in [1.54, 1.807) is 12.1 Å². The van der Waals surface area contributed by atoms with Gasteiger partial charge in [-0.3, -0.25) is 0 Å². The van der Waals surface area contributed by atoms with E-state index in [1.165, 1.54) is 32.2 Å². The average Bonchev–Trinajstić information content (AvgIpc) is 3.13. The van der Waals surface area contributed by atoms with Gasteiger partial charge in [0.2, 0.25) is 24.1 Å². The first-order chi connectivity index (χ1) is 14.2. The number of rotatable bonds is 8. The molecule has 2 N–H and O–H groups in total. The van der Waals surface area contributed by atoms with Crippen LogP contribution in [0.2, 0.25) is 5.02 Å². The number of ether oxygens (including phenoxy) is 2. The normalized spacial score (nSPS) is 11.8. The lowest BCUT2D eigenvalue weighted by Gasteiger charge is -2.13. The molecule has 3 rings (SSSR count). The fraction of sp³-hybridized carbons (Fsp3) is 0.294. The van der Waals surface area contributed by atoms with Crippen molar-refractivity contribution in [3.05, 3.63) is 28.9 Å². The highest BCUT2D eigenvalue weighted by Gasteiger charge is 2.25. The van der Waals surface area contributed by atoms with Crippen LogP contribution < -0.4 is 14.2 Å². The second-order valence-corrected chi connectivity index (χ2v) is 8.78. The lowest BCUT2D eigenvalue weighted by molar-refractivity contribution is 0.146. The average molecular weight is 479 g/mol. The predicted octanol–water partition coefficient (Wildman–Crippen LogP) is 3.96. The summed E-state index contributed by atoms with van der Waals surface area (Å²) in [7, 11) is -1.69. The summed E-state index contributed by atoms with van der Waals surface area (Å²) in [5.41, 5.74) is 0.503. The van der Waals surface area contributed by atoms with Gasteiger partial charge in [-0.15, -0.1) is 11.8 Å². The molecule has 2 aromatic heterocycles. The van der Waals surface area contributed by atoms with Crippen LogP contribution in [-0.4, -0.2) is 50.3 Å². The number of methoxy groups -OCH3 is 2. The maximum Gasteiger partial charge on any atom is 0.266 e. The van der Waals surface area contributed by atoms with E-state index < -0.39 is 22.9 Å². The van der Waals surface area contributed by atoms with Crippen LogP contribution >= 0.6 is 23.4 Å². The molecule has 0 saturated carbocycles. The maximum absolute atomic E-state index is 13.0. The largest absolute Gasteiger partial charge is 0.481 e. The van der Waals surface area contributed by atoms with E-state index in [4.69, 9.17) is 21.1 Å². The highest BCUT2D eigenvalue weighted by atomic mass is 35.5. The van der Waals surface area contributed by atoms with Crippen LogP contribution in [0.1, 0.15) is 5.56 Å². The van der Waals surface area contributed by atoms with Crippen molar-refractivity contribution >= 4 is 50.2 Å². The molecule has 0 spiro atoms. The smallest absolute Gasteiger partial charge is 0.266 e. The molecule has 3 aromatic rings. The summed E-state index contributed by atoms with van der Waals surface area (Å²) in [5, 5.41) is 0.908. The predicted molar refractivity (Wildman–Crippen MR) is 111 cm³/mol. The number of fused-ring (bicyclic) bond motifs is 1. The number of hydrogen-bond donors (Lipinski definition) is 2. The van der Waals surface area contributed by atoms with Crippen molar-refractivity contribution in [2.45, 2.75) is 22.6 Å². The van der Waals surface area contributed by atoms with Crippen molar-refractivity contribution in [1.29, 1.82) is 0 Å². The zero-order valence-electron chi connectivity index (χ0n) is 16.0. The van der Waals surface area contributed by atoms with E-state index in [9.17, 15) is 17.2 Å². The molecule has 0 bridgehead atoms. The second-order valence-electron chi connectivity index (χ2n) is 5.90. The highest BCUT2D eigenvalue weighted by Crippen LogP contribution is 2.36. The SMILES string of the molecule is COc1nc(NS(=O)(=O)c2c[nH]c3c(SC)c(Cl)ccc23)nc(OC)c1CC(F)F. The number of aromatic amines is 1. The Balaban J connectivity index is 2.05. The molecule has 0 saturated heterocycles. The quantitative estimate of drug-likeness (QED) is 0.472. The molecule has 2 heterocycles. The van der Waals surface area contributed by atoms with Crippen LogP contribution in [-0.2, 0) is 16.4 Å². The third kappa shape index (κ3) is 4.25. The van der Waals surface area contributed by atoms with Gasteiger partial charge >= 0.3 is 0 Å². The number of H-pyrrole nitrogens is 1. The first-order valence-electron chi connectivity index (χ1n) is 8.35. The van der Waals surface area contributed by atoms with Crippen molar-refractivity contribution in [2.24, 2.45) is 0 Å². The third-order valence-electron chi connectivity index (χ3n) is 4.12. The number of hydrogen-bond acceptors (Lipinski definition) is 7. The lowest BCUT2D eigenvalue weighted by Crippen LogP contribution is -2.16. The minimum atomic E-state index is -4.14. The summed E-state index contributed by atoms with van der Waals surface area (Å²) in [6.07, 6.45) is -0.258. The molecule has 8 nitrogen and oxygen atoms in total. The second kappa shape index (κ2) is 8.82. The van der Waals surface area contributed by atoms with Crippen LogP contribution in [0, 0.1) is 0 Å². The molecular formula is C17H17ClF2N4O4S2. The van der Waals surface area contributed by atoms with Crippen molar-refractivity contribution in [1.82, 2.24) is 15.0 Å². The summed E-state index contributed by atoms with van der Waals surface area (Å²) in [6.45, 7) is 0. The minimum absolute atomic E-state index is 0.0531. The van der Waals surface area contributed by atoms with E-state index >= 15 is 0 Å². The van der Waals surface area contributed by atoms with Gasteiger partial charge in [-0.2, -0.15) is 9.97 Å². The van der Waals surface area contributed by atoms with Gasteiger partial charge < -0.3 is 14.5 Å². The Kier molecular flexibility index (Phi) is 6.58. The number of benzene rings is 1. The van der Waals surface area contributed by atoms with Crippen molar-refractivity contribution in [3.63, 3.8) is 0 Å². The summed E-state index contributed by atoms with van der Waals surface area (Å²) in [5.74, 6) is -0.805. The van der Waals surface area contributed by atoms with Crippen LogP contribution in [0.5, 0.6) is 11.8 Å². The Morgan fingerprint density at radius 2 is 1.87 bits per heavy atom. The summed E-state index contributed by atoms with van der Waals surface area (Å²) >= 11 is 7.54. The van der Waals surface area contributed by atoms with Crippen LogP contribution in [0.25, 0.3) is 10.9 Å². The molecule has 0 unspecified atom stereocenters. The molecule has 13 heteroatoms. The number of anilines is 1. The summed E-state index contributed by atoms with van der Waals surface area (Å²) < 4.78 is 63.9. The lowest BCUT2D eigenvalue weighted by atomic mass is 10.2. The number of sulfonamides is 1. The van der Waals surface area contributed by atoms with Crippen LogP contribution in [0.4, 0.5) is 14.7 Å². The van der Waals surface area contributed by atoms with Gasteiger partial charge in [0.1, 0.15) is 4.90 Å². The standard InChI is InChI=1S/C17H17ClF2N4O4S2/c1-27-15-9(6-12(19)20)16(28-2)23-17(22-15)24-30(25,26)11-7-21-13-8(11)4-5-10(18)14(13)29-3/h4-5,7,12,21H,6H2,1-3H3,(H,22,23,24). The molecule has 0 amide bonds. The molecular weight excluding hydrogens is 462 g/mol. The number of nitrogens with one attached hydrogen (secondary N) is 2. The molecule has 0 aliphatic rings. The van der Waals surface area contributed by atoms with Crippen molar-refractivity contribution < 1.29 is 26.7 Å². The van der Waals surface area contributed by atoms with E-state index in [0.29, 0.717) is 20.8 Å². The topological polar surface area (TPSA) is 106 Å². The zero-order chi connectivity index (χ0) is 22.1. The van der Waals surface area contributed by atoms with Gasteiger partial charge in [0.05, 0.1) is 30.3 Å². The maximum atomic E-state index is 13.0. The van der Waals surface area contributed by atoms with Crippen molar-refractivity contribution in [2.75, 3.05) is 25.2 Å². The van der Waals surface area contributed by atoms with Crippen LogP contribution in [0.15, 0.2) is 28.1 Å². The molecule has 1 aromatic carbocycles. The molecule has 0 radical (unpaired) electrons. The summed E-state index contributed by atoms with van der Waals surface area (Å²) in [6, 6.07) is 3.18. The Bertz CT molecular complexity index is 1160. The van der Waals surface area contributed by atoms with E-state index in [2.05, 4.69) is 19.7 Å². The Morgan fingerprint density at radius 3 is 2.40 bits per heavy atom. The van der Waals surface area contributed by atoms with Gasteiger partial charge in [0.15, 0.2) is 0 Å². The van der Waals surface area contributed by atoms with Gasteiger partial charge in [0, 0.05) is 22.9 Å². The van der Waals surface area contributed by atoms with E-state index in [-0.39, 0.29) is 28.2 Å². The minimum Gasteiger partial charge on any atom is -0.481 e. The number of aromatic nitrogens is 3. The summed E-state index contributed by atoms with van der Waals surface area (Å²) in [4.78, 5) is 11.4. The number of alkyl halides is 2. The Morgan fingerprint density at radius 1 is 1.23 bits per heavy atom. The van der Waals surface area contributed by atoms with E-state index in [0.717, 1.165) is 0 Å². The van der Waals surface area contributed by atoms with Gasteiger partial charge in [0.25, 0.3) is 10.0 Å². The number of halogens is 3. The number of thioether (sulfide) groups is 1. The molecule has 0 aliphatic heterocycles. The van der Waals surface area contributed by atoms with Crippen molar-refractivity contribution in [3.8, 4) is 11.8 Å². The fourth-order valence-electron chi connectivity index (χ4n) is 2.87. The zero-order valence-corrected chi connectivity index (χ0v) is 18.4. The molecule has 162 valence electrons. The first kappa shape index (κ1) is 22.4. The molecule has 0 fully saturated rings. The molecule has 0 atom stereocenters. The molecule has 0 aliphatic carbocycles. The number of nitrogens with zero attached hydrogens (tertiary/aromatic N) is 2. The Labute approximate surface area is 180 Å². The van der Waals surface area contributed by atoms with Gasteiger partial charge in [-0.1, -0.05) is 11.6 Å². The Hall–Kier alpha value is -2.31. The third-order valence-corrected chi connectivity index (χ3v) is 6.75. The first-order valence-corrected chi connectivity index (χ1v) is 11.4.